The van der Waals surface area contributed by atoms with Crippen molar-refractivity contribution in [2.24, 2.45) is 5.41 Å². The van der Waals surface area contributed by atoms with E-state index >= 15 is 0 Å². The highest BCUT2D eigenvalue weighted by Gasteiger charge is 2.27. The first-order valence-corrected chi connectivity index (χ1v) is 7.96. The monoisotopic (exact) mass is 305 g/mol. The highest BCUT2D eigenvalue weighted by atomic mass is 16.5. The summed E-state index contributed by atoms with van der Waals surface area (Å²) in [6.07, 6.45) is 2.74. The smallest absolute Gasteiger partial charge is 0.220 e. The zero-order valence-electron chi connectivity index (χ0n) is 13.8. The largest absolute Gasteiger partial charge is 0.384 e. The number of nitrogens with one attached hydrogen (secondary N) is 1. The van der Waals surface area contributed by atoms with Crippen molar-refractivity contribution in [3.63, 3.8) is 0 Å². The molecule has 1 heterocycles. The van der Waals surface area contributed by atoms with E-state index in [0.29, 0.717) is 19.6 Å². The third-order valence-corrected chi connectivity index (χ3v) is 3.98. The molecule has 4 heteroatoms. The number of hydrogen-bond acceptors (Lipinski definition) is 3. The fourth-order valence-corrected chi connectivity index (χ4v) is 2.94. The molecule has 4 nitrogen and oxygen atoms in total. The second-order valence-electron chi connectivity index (χ2n) is 6.81. The Hall–Kier alpha value is -1.39. The first-order chi connectivity index (χ1) is 10.5. The molecule has 0 unspecified atom stereocenters. The zero-order valence-corrected chi connectivity index (χ0v) is 13.8. The Bertz CT molecular complexity index is 472. The molecule has 0 bridgehead atoms. The van der Waals surface area contributed by atoms with Gasteiger partial charge in [-0.1, -0.05) is 44.2 Å². The van der Waals surface area contributed by atoms with Crippen molar-refractivity contribution in [3.05, 3.63) is 35.9 Å². The van der Waals surface area contributed by atoms with E-state index in [9.17, 15) is 4.79 Å². The van der Waals surface area contributed by atoms with Crippen LogP contribution in [0.15, 0.2) is 30.3 Å². The molecule has 0 aliphatic carbocycles. The average Bonchev–Trinajstić information content (AvgIpc) is 2.94. The SMILES string of the molecule is COCC(C)(C)CC(=O)NC[C@H]1CC[C@H](c2ccccc2)O1. The molecule has 1 N–H and O–H groups in total. The summed E-state index contributed by atoms with van der Waals surface area (Å²) in [5.41, 5.74) is 1.08. The quantitative estimate of drug-likeness (QED) is 0.842. The van der Waals surface area contributed by atoms with Gasteiger partial charge >= 0.3 is 0 Å². The molecule has 1 aliphatic heterocycles. The summed E-state index contributed by atoms with van der Waals surface area (Å²) >= 11 is 0. The molecule has 1 aliphatic rings. The van der Waals surface area contributed by atoms with Crippen molar-refractivity contribution in [2.45, 2.75) is 45.3 Å². The van der Waals surface area contributed by atoms with Gasteiger partial charge in [0.1, 0.15) is 0 Å². The fourth-order valence-electron chi connectivity index (χ4n) is 2.94. The molecular weight excluding hydrogens is 278 g/mol. The van der Waals surface area contributed by atoms with E-state index in [4.69, 9.17) is 9.47 Å². The van der Waals surface area contributed by atoms with Crippen LogP contribution in [-0.4, -0.2) is 32.3 Å². The summed E-state index contributed by atoms with van der Waals surface area (Å²) in [5, 5.41) is 2.99. The number of ether oxygens (including phenoxy) is 2. The van der Waals surface area contributed by atoms with Crippen LogP contribution in [0.2, 0.25) is 0 Å². The van der Waals surface area contributed by atoms with E-state index in [0.717, 1.165) is 12.8 Å². The van der Waals surface area contributed by atoms with E-state index in [1.807, 2.05) is 32.0 Å². The lowest BCUT2D eigenvalue weighted by Gasteiger charge is -2.23. The summed E-state index contributed by atoms with van der Waals surface area (Å²) in [6, 6.07) is 10.3. The van der Waals surface area contributed by atoms with Crippen molar-refractivity contribution in [1.29, 1.82) is 0 Å². The summed E-state index contributed by atoms with van der Waals surface area (Å²) in [6.45, 7) is 5.24. The van der Waals surface area contributed by atoms with Crippen LogP contribution in [-0.2, 0) is 14.3 Å². The van der Waals surface area contributed by atoms with E-state index in [1.165, 1.54) is 5.56 Å². The zero-order chi connectivity index (χ0) is 16.0. The Kier molecular flexibility index (Phi) is 5.98. The van der Waals surface area contributed by atoms with Gasteiger partial charge in [-0.3, -0.25) is 4.79 Å². The van der Waals surface area contributed by atoms with Crippen LogP contribution in [0, 0.1) is 5.41 Å². The minimum atomic E-state index is -0.137. The Morgan fingerprint density at radius 2 is 2.05 bits per heavy atom. The summed E-state index contributed by atoms with van der Waals surface area (Å²) in [4.78, 5) is 12.0. The number of rotatable bonds is 7. The van der Waals surface area contributed by atoms with Crippen molar-refractivity contribution in [1.82, 2.24) is 5.32 Å². The van der Waals surface area contributed by atoms with Crippen LogP contribution in [0.1, 0.15) is 44.8 Å². The molecule has 1 aromatic rings. The van der Waals surface area contributed by atoms with Crippen LogP contribution < -0.4 is 5.32 Å². The van der Waals surface area contributed by atoms with Crippen molar-refractivity contribution < 1.29 is 14.3 Å². The Balaban J connectivity index is 1.73. The van der Waals surface area contributed by atoms with E-state index in [2.05, 4.69) is 17.4 Å². The number of amides is 1. The van der Waals surface area contributed by atoms with E-state index in [-0.39, 0.29) is 23.5 Å². The number of carbonyl (C=O) groups is 1. The third-order valence-electron chi connectivity index (χ3n) is 3.98. The summed E-state index contributed by atoms with van der Waals surface area (Å²) in [7, 11) is 1.66. The lowest BCUT2D eigenvalue weighted by atomic mass is 9.90. The van der Waals surface area contributed by atoms with Crippen LogP contribution in [0.5, 0.6) is 0 Å². The molecule has 2 rings (SSSR count). The lowest BCUT2D eigenvalue weighted by Crippen LogP contribution is -2.35. The minimum absolute atomic E-state index is 0.0637. The number of benzene rings is 1. The second kappa shape index (κ2) is 7.75. The Labute approximate surface area is 133 Å². The van der Waals surface area contributed by atoms with Gasteiger partial charge in [-0.25, -0.2) is 0 Å². The minimum Gasteiger partial charge on any atom is -0.384 e. The summed E-state index contributed by atoms with van der Waals surface area (Å²) < 4.78 is 11.2. The van der Waals surface area contributed by atoms with Gasteiger partial charge in [0.2, 0.25) is 5.91 Å². The van der Waals surface area contributed by atoms with Gasteiger partial charge in [0.15, 0.2) is 0 Å². The van der Waals surface area contributed by atoms with Gasteiger partial charge in [0, 0.05) is 20.1 Å². The molecule has 0 spiro atoms. The van der Waals surface area contributed by atoms with Crippen LogP contribution in [0.3, 0.4) is 0 Å². The van der Waals surface area contributed by atoms with Gasteiger partial charge < -0.3 is 14.8 Å². The molecule has 0 aromatic heterocycles. The topological polar surface area (TPSA) is 47.6 Å². The van der Waals surface area contributed by atoms with Gasteiger partial charge in [0.25, 0.3) is 0 Å². The third kappa shape index (κ3) is 5.11. The molecule has 122 valence electrons. The molecule has 2 atom stereocenters. The molecule has 1 saturated heterocycles. The molecule has 0 radical (unpaired) electrons. The van der Waals surface area contributed by atoms with Crippen LogP contribution >= 0.6 is 0 Å². The fraction of sp³-hybridized carbons (Fsp3) is 0.611. The number of hydrogen-bond donors (Lipinski definition) is 1. The Morgan fingerprint density at radius 3 is 2.73 bits per heavy atom. The predicted octanol–water partition coefficient (Wildman–Crippen LogP) is 3.09. The molecule has 1 aromatic carbocycles. The van der Waals surface area contributed by atoms with Crippen molar-refractivity contribution in [3.8, 4) is 0 Å². The maximum absolute atomic E-state index is 12.0. The van der Waals surface area contributed by atoms with Crippen molar-refractivity contribution >= 4 is 5.91 Å². The number of carbonyl (C=O) groups excluding carboxylic acids is 1. The highest BCUT2D eigenvalue weighted by molar-refractivity contribution is 5.76. The maximum atomic E-state index is 12.0. The number of methoxy groups -OCH3 is 1. The first kappa shape index (κ1) is 17.0. The maximum Gasteiger partial charge on any atom is 0.220 e. The van der Waals surface area contributed by atoms with Gasteiger partial charge in [-0.15, -0.1) is 0 Å². The molecule has 22 heavy (non-hydrogen) atoms. The van der Waals surface area contributed by atoms with Crippen LogP contribution in [0.4, 0.5) is 0 Å². The summed E-state index contributed by atoms with van der Waals surface area (Å²) in [5.74, 6) is 0.0637. The molecular formula is C18H27NO3. The highest BCUT2D eigenvalue weighted by Crippen LogP contribution is 2.32. The standard InChI is InChI=1S/C18H27NO3/c1-18(2,13-21-3)11-17(20)19-12-15-9-10-16(22-15)14-7-5-4-6-8-14/h4-8,15-16H,9-13H2,1-3H3,(H,19,20)/t15-,16-/m1/s1. The molecule has 1 amide bonds. The second-order valence-corrected chi connectivity index (χ2v) is 6.81. The average molecular weight is 305 g/mol. The van der Waals surface area contributed by atoms with Gasteiger partial charge in [0.05, 0.1) is 18.8 Å². The lowest BCUT2D eigenvalue weighted by molar-refractivity contribution is -0.124. The Morgan fingerprint density at radius 1 is 1.32 bits per heavy atom. The first-order valence-electron chi connectivity index (χ1n) is 7.96. The van der Waals surface area contributed by atoms with Crippen LogP contribution in [0.25, 0.3) is 0 Å². The molecule has 1 fully saturated rings. The van der Waals surface area contributed by atoms with Gasteiger partial charge in [-0.05, 0) is 23.8 Å². The molecule has 0 saturated carbocycles. The van der Waals surface area contributed by atoms with Gasteiger partial charge in [-0.2, -0.15) is 0 Å². The van der Waals surface area contributed by atoms with E-state index in [1.54, 1.807) is 7.11 Å². The predicted molar refractivity (Wildman–Crippen MR) is 86.6 cm³/mol. The van der Waals surface area contributed by atoms with Crippen molar-refractivity contribution in [2.75, 3.05) is 20.3 Å². The van der Waals surface area contributed by atoms with E-state index < -0.39 is 0 Å². The normalized spacial score (nSPS) is 21.8.